The summed E-state index contributed by atoms with van der Waals surface area (Å²) in [5.74, 6) is 0. The third kappa shape index (κ3) is 4.50. The van der Waals surface area contributed by atoms with Crippen molar-refractivity contribution in [1.82, 2.24) is 15.1 Å². The fraction of sp³-hybridized carbons (Fsp3) is 0.786. The van der Waals surface area contributed by atoms with Crippen LogP contribution in [0, 0.1) is 5.41 Å². The summed E-state index contributed by atoms with van der Waals surface area (Å²) in [6, 6.07) is 2.66. The molecule has 17 heavy (non-hydrogen) atoms. The van der Waals surface area contributed by atoms with E-state index in [0.717, 1.165) is 19.4 Å². The molecule has 0 saturated heterocycles. The lowest BCUT2D eigenvalue weighted by atomic mass is 9.84. The third-order valence-electron chi connectivity index (χ3n) is 3.42. The Bertz CT molecular complexity index is 328. The lowest BCUT2D eigenvalue weighted by Gasteiger charge is -2.23. The molecule has 0 bridgehead atoms. The van der Waals surface area contributed by atoms with Gasteiger partial charge in [-0.1, -0.05) is 20.8 Å². The fourth-order valence-corrected chi connectivity index (χ4v) is 1.95. The maximum Gasteiger partial charge on any atom is 0.0630 e. The van der Waals surface area contributed by atoms with E-state index in [9.17, 15) is 0 Å². The number of nitrogens with zero attached hydrogens (tertiary/aromatic N) is 2. The van der Waals surface area contributed by atoms with Crippen molar-refractivity contribution in [3.8, 4) is 0 Å². The normalized spacial score (nSPS) is 13.9. The first-order valence-corrected chi connectivity index (χ1v) is 6.67. The second kappa shape index (κ2) is 6.20. The standard InChI is InChI=1S/C14H27N3/c1-6-12(2)17-10-7-13(16-17)11-14(3,4)8-9-15-5/h7,10,12,15H,6,8-9,11H2,1-5H3. The molecule has 1 aromatic heterocycles. The van der Waals surface area contributed by atoms with Crippen LogP contribution < -0.4 is 5.32 Å². The van der Waals surface area contributed by atoms with Crippen molar-refractivity contribution in [2.45, 2.75) is 53.0 Å². The van der Waals surface area contributed by atoms with Crippen LogP contribution in [0.2, 0.25) is 0 Å². The van der Waals surface area contributed by atoms with Crippen LogP contribution >= 0.6 is 0 Å². The topological polar surface area (TPSA) is 29.9 Å². The van der Waals surface area contributed by atoms with Gasteiger partial charge in [-0.15, -0.1) is 0 Å². The molecule has 0 spiro atoms. The van der Waals surface area contributed by atoms with E-state index in [1.807, 2.05) is 7.05 Å². The van der Waals surface area contributed by atoms with Gasteiger partial charge in [-0.05, 0) is 51.3 Å². The lowest BCUT2D eigenvalue weighted by molar-refractivity contribution is 0.324. The SMILES string of the molecule is CCC(C)n1ccc(CC(C)(C)CCNC)n1. The highest BCUT2D eigenvalue weighted by Gasteiger charge is 2.19. The van der Waals surface area contributed by atoms with Crippen molar-refractivity contribution in [2.24, 2.45) is 5.41 Å². The summed E-state index contributed by atoms with van der Waals surface area (Å²) in [4.78, 5) is 0. The van der Waals surface area contributed by atoms with E-state index >= 15 is 0 Å². The van der Waals surface area contributed by atoms with Gasteiger partial charge in [-0.2, -0.15) is 5.10 Å². The van der Waals surface area contributed by atoms with E-state index in [-0.39, 0.29) is 0 Å². The second-order valence-electron chi connectivity index (χ2n) is 5.74. The van der Waals surface area contributed by atoms with Crippen LogP contribution in [0.5, 0.6) is 0 Å². The minimum absolute atomic E-state index is 0.317. The molecule has 0 fully saturated rings. The van der Waals surface area contributed by atoms with Gasteiger partial charge < -0.3 is 5.32 Å². The highest BCUT2D eigenvalue weighted by Crippen LogP contribution is 2.25. The van der Waals surface area contributed by atoms with E-state index < -0.39 is 0 Å². The Hall–Kier alpha value is -0.830. The molecule has 98 valence electrons. The minimum atomic E-state index is 0.317. The predicted molar refractivity (Wildman–Crippen MR) is 73.3 cm³/mol. The van der Waals surface area contributed by atoms with Gasteiger partial charge in [0.2, 0.25) is 0 Å². The molecule has 0 amide bonds. The first kappa shape index (κ1) is 14.2. The molecule has 3 nitrogen and oxygen atoms in total. The molecule has 3 heteroatoms. The zero-order valence-electron chi connectivity index (χ0n) is 12.0. The first-order chi connectivity index (χ1) is 7.98. The molecule has 1 N–H and O–H groups in total. The maximum atomic E-state index is 4.67. The second-order valence-corrected chi connectivity index (χ2v) is 5.74. The molecular formula is C14H27N3. The highest BCUT2D eigenvalue weighted by molar-refractivity contribution is 5.02. The number of rotatable bonds is 7. The fourth-order valence-electron chi connectivity index (χ4n) is 1.95. The van der Waals surface area contributed by atoms with Gasteiger partial charge in [0, 0.05) is 12.2 Å². The van der Waals surface area contributed by atoms with Gasteiger partial charge in [0.15, 0.2) is 0 Å². The zero-order chi connectivity index (χ0) is 12.9. The molecule has 1 atom stereocenters. The molecular weight excluding hydrogens is 210 g/mol. The van der Waals surface area contributed by atoms with E-state index in [1.165, 1.54) is 12.1 Å². The average molecular weight is 237 g/mol. The number of hydrogen-bond acceptors (Lipinski definition) is 2. The maximum absolute atomic E-state index is 4.67. The van der Waals surface area contributed by atoms with E-state index in [4.69, 9.17) is 0 Å². The van der Waals surface area contributed by atoms with E-state index in [0.29, 0.717) is 11.5 Å². The summed E-state index contributed by atoms with van der Waals surface area (Å²) in [6.45, 7) is 10.1. The van der Waals surface area contributed by atoms with Crippen LogP contribution in [0.25, 0.3) is 0 Å². The van der Waals surface area contributed by atoms with Crippen LogP contribution in [0.3, 0.4) is 0 Å². The van der Waals surface area contributed by atoms with Gasteiger partial charge in [-0.3, -0.25) is 4.68 Å². The number of hydrogen-bond donors (Lipinski definition) is 1. The summed E-state index contributed by atoms with van der Waals surface area (Å²) in [5.41, 5.74) is 1.53. The summed E-state index contributed by atoms with van der Waals surface area (Å²) in [6.07, 6.45) is 5.47. The molecule has 0 aliphatic heterocycles. The summed E-state index contributed by atoms with van der Waals surface area (Å²) >= 11 is 0. The summed E-state index contributed by atoms with van der Waals surface area (Å²) < 4.78 is 2.09. The molecule has 1 unspecified atom stereocenters. The van der Waals surface area contributed by atoms with Crippen LogP contribution in [0.15, 0.2) is 12.3 Å². The summed E-state index contributed by atoms with van der Waals surface area (Å²) in [7, 11) is 2.01. The molecule has 1 rings (SSSR count). The quantitative estimate of drug-likeness (QED) is 0.790. The van der Waals surface area contributed by atoms with Gasteiger partial charge in [0.05, 0.1) is 5.69 Å². The Kier molecular flexibility index (Phi) is 5.19. The first-order valence-electron chi connectivity index (χ1n) is 6.67. The lowest BCUT2D eigenvalue weighted by Crippen LogP contribution is -2.22. The van der Waals surface area contributed by atoms with Crippen LogP contribution in [0.4, 0.5) is 0 Å². The minimum Gasteiger partial charge on any atom is -0.320 e. The Morgan fingerprint density at radius 3 is 2.76 bits per heavy atom. The van der Waals surface area contributed by atoms with Crippen LogP contribution in [-0.2, 0) is 6.42 Å². The zero-order valence-corrected chi connectivity index (χ0v) is 12.0. The monoisotopic (exact) mass is 237 g/mol. The largest absolute Gasteiger partial charge is 0.320 e. The molecule has 0 aliphatic rings. The molecule has 0 aromatic carbocycles. The van der Waals surface area contributed by atoms with E-state index in [1.54, 1.807) is 0 Å². The summed E-state index contributed by atoms with van der Waals surface area (Å²) in [5, 5.41) is 7.89. The molecule has 1 aromatic rings. The van der Waals surface area contributed by atoms with Crippen molar-refractivity contribution in [2.75, 3.05) is 13.6 Å². The predicted octanol–water partition coefficient (Wildman–Crippen LogP) is 3.03. The average Bonchev–Trinajstić information content (AvgIpc) is 2.73. The van der Waals surface area contributed by atoms with Gasteiger partial charge in [-0.25, -0.2) is 0 Å². The third-order valence-corrected chi connectivity index (χ3v) is 3.42. The molecule has 0 radical (unpaired) electrons. The number of nitrogens with one attached hydrogen (secondary N) is 1. The van der Waals surface area contributed by atoms with Gasteiger partial charge in [0.25, 0.3) is 0 Å². The van der Waals surface area contributed by atoms with Crippen molar-refractivity contribution in [1.29, 1.82) is 0 Å². The smallest absolute Gasteiger partial charge is 0.0630 e. The molecule has 0 aliphatic carbocycles. The van der Waals surface area contributed by atoms with Crippen molar-refractivity contribution < 1.29 is 0 Å². The van der Waals surface area contributed by atoms with Crippen molar-refractivity contribution in [3.63, 3.8) is 0 Å². The highest BCUT2D eigenvalue weighted by atomic mass is 15.3. The van der Waals surface area contributed by atoms with Gasteiger partial charge in [0.1, 0.15) is 0 Å². The van der Waals surface area contributed by atoms with Crippen molar-refractivity contribution >= 4 is 0 Å². The Balaban J connectivity index is 2.59. The Morgan fingerprint density at radius 2 is 2.18 bits per heavy atom. The number of aromatic nitrogens is 2. The van der Waals surface area contributed by atoms with Crippen molar-refractivity contribution in [3.05, 3.63) is 18.0 Å². The van der Waals surface area contributed by atoms with Gasteiger partial charge >= 0.3 is 0 Å². The Morgan fingerprint density at radius 1 is 1.47 bits per heavy atom. The van der Waals surface area contributed by atoms with Crippen LogP contribution in [-0.4, -0.2) is 23.4 Å². The molecule has 0 saturated carbocycles. The molecule has 1 heterocycles. The van der Waals surface area contributed by atoms with E-state index in [2.05, 4.69) is 55.1 Å². The van der Waals surface area contributed by atoms with Crippen LogP contribution in [0.1, 0.15) is 52.3 Å². The Labute approximate surface area is 106 Å².